The van der Waals surface area contributed by atoms with Crippen LogP contribution in [0.2, 0.25) is 0 Å². The summed E-state index contributed by atoms with van der Waals surface area (Å²) < 4.78 is 1.84. The van der Waals surface area contributed by atoms with Crippen LogP contribution in [0.1, 0.15) is 24.4 Å². The highest BCUT2D eigenvalue weighted by Crippen LogP contribution is 2.19. The zero-order valence-corrected chi connectivity index (χ0v) is 12.6. The van der Waals surface area contributed by atoms with Gasteiger partial charge in [-0.3, -0.25) is 0 Å². The van der Waals surface area contributed by atoms with Crippen LogP contribution in [0.15, 0.2) is 42.7 Å². The average Bonchev–Trinajstić information content (AvgIpc) is 3.22. The van der Waals surface area contributed by atoms with Crippen molar-refractivity contribution in [2.75, 3.05) is 19.6 Å². The summed E-state index contributed by atoms with van der Waals surface area (Å²) in [7, 11) is 0. The van der Waals surface area contributed by atoms with E-state index in [2.05, 4.69) is 27.8 Å². The van der Waals surface area contributed by atoms with Crippen LogP contribution >= 0.6 is 0 Å². The van der Waals surface area contributed by atoms with Gasteiger partial charge in [0.25, 0.3) is 0 Å². The Balaban J connectivity index is 1.38. The molecule has 0 spiro atoms. The number of hydrogen-bond donors (Lipinski definition) is 1. The van der Waals surface area contributed by atoms with Crippen LogP contribution in [0.25, 0.3) is 0 Å². The normalized spacial score (nSPS) is 17.6. The largest absolute Gasteiger partial charge is 0.338 e. The Hall–Kier alpha value is -2.37. The second-order valence-electron chi connectivity index (χ2n) is 5.59. The second kappa shape index (κ2) is 7.06. The molecule has 22 heavy (non-hydrogen) atoms. The molecule has 2 aromatic rings. The molecule has 0 aliphatic carbocycles. The van der Waals surface area contributed by atoms with Crippen molar-refractivity contribution < 1.29 is 4.79 Å². The second-order valence-corrected chi connectivity index (χ2v) is 5.59. The Kier molecular flexibility index (Phi) is 4.68. The Morgan fingerprint density at radius 2 is 2.18 bits per heavy atom. The predicted octanol–water partition coefficient (Wildman–Crippen LogP) is 1.87. The first-order chi connectivity index (χ1) is 10.8. The fourth-order valence-corrected chi connectivity index (χ4v) is 2.80. The molecule has 1 aliphatic heterocycles. The van der Waals surface area contributed by atoms with E-state index in [0.29, 0.717) is 13.1 Å². The van der Waals surface area contributed by atoms with Crippen LogP contribution in [0.5, 0.6) is 0 Å². The van der Waals surface area contributed by atoms with E-state index in [-0.39, 0.29) is 12.1 Å². The monoisotopic (exact) mass is 299 g/mol. The fourth-order valence-electron chi connectivity index (χ4n) is 2.80. The highest BCUT2D eigenvalue weighted by Gasteiger charge is 2.27. The summed E-state index contributed by atoms with van der Waals surface area (Å²) in [4.78, 5) is 14.0. The van der Waals surface area contributed by atoms with E-state index >= 15 is 0 Å². The first-order valence-electron chi connectivity index (χ1n) is 7.75. The molecular formula is C16H21N5O. The number of nitrogens with one attached hydrogen (secondary N) is 1. The first-order valence-corrected chi connectivity index (χ1v) is 7.75. The van der Waals surface area contributed by atoms with Crippen molar-refractivity contribution in [2.24, 2.45) is 0 Å². The van der Waals surface area contributed by atoms with Crippen LogP contribution in [-0.2, 0) is 6.42 Å². The molecule has 1 N–H and O–H groups in total. The molecule has 6 nitrogen and oxygen atoms in total. The van der Waals surface area contributed by atoms with Crippen molar-refractivity contribution in [2.45, 2.75) is 25.3 Å². The van der Waals surface area contributed by atoms with Crippen LogP contribution in [0.3, 0.4) is 0 Å². The van der Waals surface area contributed by atoms with Gasteiger partial charge in [0, 0.05) is 25.8 Å². The maximum absolute atomic E-state index is 12.1. The van der Waals surface area contributed by atoms with Gasteiger partial charge in [-0.05, 0) is 24.8 Å². The summed E-state index contributed by atoms with van der Waals surface area (Å²) >= 11 is 0. The van der Waals surface area contributed by atoms with Crippen LogP contribution < -0.4 is 5.32 Å². The quantitative estimate of drug-likeness (QED) is 0.857. The number of carbonyl (C=O) groups is 1. The molecule has 116 valence electrons. The third-order valence-corrected chi connectivity index (χ3v) is 4.03. The van der Waals surface area contributed by atoms with Crippen molar-refractivity contribution in [3.63, 3.8) is 0 Å². The number of amides is 2. The molecule has 0 saturated carbocycles. The van der Waals surface area contributed by atoms with Gasteiger partial charge in [0.1, 0.15) is 0 Å². The van der Waals surface area contributed by atoms with E-state index in [1.807, 2.05) is 34.0 Å². The molecular weight excluding hydrogens is 278 g/mol. The molecule has 0 radical (unpaired) electrons. The maximum Gasteiger partial charge on any atom is 0.317 e. The molecule has 0 bridgehead atoms. The lowest BCUT2D eigenvalue weighted by molar-refractivity contribution is 0.206. The van der Waals surface area contributed by atoms with Gasteiger partial charge < -0.3 is 10.2 Å². The SMILES string of the molecule is O=C(NCCCc1ccccc1)N1CCC(n2ccnn2)C1. The lowest BCUT2D eigenvalue weighted by Crippen LogP contribution is -2.39. The molecule has 1 unspecified atom stereocenters. The number of aromatic nitrogens is 3. The lowest BCUT2D eigenvalue weighted by Gasteiger charge is -2.17. The van der Waals surface area contributed by atoms with Crippen molar-refractivity contribution in [1.29, 1.82) is 0 Å². The minimum absolute atomic E-state index is 0.0238. The Morgan fingerprint density at radius 3 is 2.95 bits per heavy atom. The fraction of sp³-hybridized carbons (Fsp3) is 0.438. The summed E-state index contributed by atoms with van der Waals surface area (Å²) in [6.45, 7) is 2.18. The number of benzene rings is 1. The van der Waals surface area contributed by atoms with Gasteiger partial charge in [0.05, 0.1) is 12.2 Å². The van der Waals surface area contributed by atoms with Gasteiger partial charge in [-0.1, -0.05) is 35.5 Å². The molecule has 3 rings (SSSR count). The smallest absolute Gasteiger partial charge is 0.317 e. The van der Waals surface area contributed by atoms with Gasteiger partial charge >= 0.3 is 6.03 Å². The van der Waals surface area contributed by atoms with Crippen LogP contribution in [0.4, 0.5) is 4.79 Å². The Morgan fingerprint density at radius 1 is 1.32 bits per heavy atom. The predicted molar refractivity (Wildman–Crippen MR) is 83.4 cm³/mol. The zero-order chi connectivity index (χ0) is 15.2. The number of urea groups is 1. The average molecular weight is 299 g/mol. The molecule has 2 heterocycles. The highest BCUT2D eigenvalue weighted by atomic mass is 16.2. The molecule has 1 fully saturated rings. The molecule has 1 aromatic heterocycles. The van der Waals surface area contributed by atoms with Gasteiger partial charge in [-0.2, -0.15) is 0 Å². The summed E-state index contributed by atoms with van der Waals surface area (Å²) in [5, 5.41) is 10.8. The first kappa shape index (κ1) is 14.6. The van der Waals surface area contributed by atoms with Crippen molar-refractivity contribution in [3.8, 4) is 0 Å². The Labute approximate surface area is 130 Å². The van der Waals surface area contributed by atoms with E-state index in [1.54, 1.807) is 6.20 Å². The van der Waals surface area contributed by atoms with Crippen molar-refractivity contribution in [1.82, 2.24) is 25.2 Å². The van der Waals surface area contributed by atoms with E-state index in [1.165, 1.54) is 5.56 Å². The molecule has 1 atom stereocenters. The van der Waals surface area contributed by atoms with Gasteiger partial charge in [-0.15, -0.1) is 5.10 Å². The number of carbonyl (C=O) groups excluding carboxylic acids is 1. The van der Waals surface area contributed by atoms with E-state index in [9.17, 15) is 4.79 Å². The minimum Gasteiger partial charge on any atom is -0.338 e. The summed E-state index contributed by atoms with van der Waals surface area (Å²) in [5.41, 5.74) is 1.31. The molecule has 1 aromatic carbocycles. The van der Waals surface area contributed by atoms with Crippen LogP contribution in [-0.4, -0.2) is 45.6 Å². The number of rotatable bonds is 5. The maximum atomic E-state index is 12.1. The summed E-state index contributed by atoms with van der Waals surface area (Å²) in [6, 6.07) is 10.6. The molecule has 6 heteroatoms. The summed E-state index contributed by atoms with van der Waals surface area (Å²) in [6.07, 6.45) is 6.40. The highest BCUT2D eigenvalue weighted by molar-refractivity contribution is 5.74. The molecule has 1 saturated heterocycles. The number of aryl methyl sites for hydroxylation is 1. The van der Waals surface area contributed by atoms with Gasteiger partial charge in [0.15, 0.2) is 0 Å². The number of hydrogen-bond acceptors (Lipinski definition) is 3. The lowest BCUT2D eigenvalue weighted by atomic mass is 10.1. The van der Waals surface area contributed by atoms with E-state index < -0.39 is 0 Å². The summed E-state index contributed by atoms with van der Waals surface area (Å²) in [5.74, 6) is 0. The van der Waals surface area contributed by atoms with Gasteiger partial charge in [-0.25, -0.2) is 9.48 Å². The van der Waals surface area contributed by atoms with Crippen LogP contribution in [0, 0.1) is 0 Å². The Bertz CT molecular complexity index is 584. The molecule has 2 amide bonds. The standard InChI is InChI=1S/C16H21N5O/c22-16(17-9-4-7-14-5-2-1-3-6-14)20-11-8-15(13-20)21-12-10-18-19-21/h1-3,5-6,10,12,15H,4,7-9,11,13H2,(H,17,22). The zero-order valence-electron chi connectivity index (χ0n) is 12.6. The van der Waals surface area contributed by atoms with Crippen molar-refractivity contribution >= 4 is 6.03 Å². The van der Waals surface area contributed by atoms with Crippen molar-refractivity contribution in [3.05, 3.63) is 48.3 Å². The minimum atomic E-state index is 0.0238. The topological polar surface area (TPSA) is 63.1 Å². The third kappa shape index (κ3) is 3.63. The number of likely N-dealkylation sites (tertiary alicyclic amines) is 1. The van der Waals surface area contributed by atoms with E-state index in [0.717, 1.165) is 25.8 Å². The number of nitrogens with zero attached hydrogens (tertiary/aromatic N) is 4. The molecule has 1 aliphatic rings. The van der Waals surface area contributed by atoms with Gasteiger partial charge in [0.2, 0.25) is 0 Å². The van der Waals surface area contributed by atoms with E-state index in [4.69, 9.17) is 0 Å². The third-order valence-electron chi connectivity index (χ3n) is 4.03.